The van der Waals surface area contributed by atoms with Crippen LogP contribution in [-0.2, 0) is 9.47 Å². The van der Waals surface area contributed by atoms with E-state index in [0.29, 0.717) is 21.6 Å². The van der Waals surface area contributed by atoms with Gasteiger partial charge in [0.05, 0.1) is 18.9 Å². The molecule has 138 valence electrons. The average Bonchev–Trinajstić information content (AvgIpc) is 3.65. The Labute approximate surface area is 159 Å². The van der Waals surface area contributed by atoms with Gasteiger partial charge in [-0.1, -0.05) is 12.1 Å². The number of epoxide rings is 2. The van der Waals surface area contributed by atoms with Gasteiger partial charge >= 0.3 is 0 Å². The molecule has 3 heterocycles. The van der Waals surface area contributed by atoms with Crippen LogP contribution in [0.2, 0.25) is 0 Å². The summed E-state index contributed by atoms with van der Waals surface area (Å²) in [6.45, 7) is 2.88. The summed E-state index contributed by atoms with van der Waals surface area (Å²) in [5.74, 6) is 1.75. The number of ether oxygens (including phenoxy) is 4. The van der Waals surface area contributed by atoms with Crippen molar-refractivity contribution in [2.24, 2.45) is 0 Å². The zero-order valence-electron chi connectivity index (χ0n) is 14.8. The van der Waals surface area contributed by atoms with E-state index < -0.39 is 0 Å². The lowest BCUT2D eigenvalue weighted by Crippen LogP contribution is -2.03. The quantitative estimate of drug-likeness (QED) is 0.552. The Morgan fingerprint density at radius 2 is 1.33 bits per heavy atom. The molecule has 5 nitrogen and oxygen atoms in total. The SMILES string of the molecule is c1cc(-c2cc(-c3ccc(OCC4CO4)cc3)[pH]n2)ccc1OCC1CO1. The van der Waals surface area contributed by atoms with E-state index in [2.05, 4.69) is 30.3 Å². The van der Waals surface area contributed by atoms with Gasteiger partial charge in [0.25, 0.3) is 0 Å². The van der Waals surface area contributed by atoms with Gasteiger partial charge in [0.15, 0.2) is 0 Å². The molecule has 0 N–H and O–H groups in total. The lowest BCUT2D eigenvalue weighted by Gasteiger charge is -2.05. The fraction of sp³-hybridized carbons (Fsp3) is 0.286. The monoisotopic (exact) mass is 381 g/mol. The van der Waals surface area contributed by atoms with Crippen LogP contribution in [0.5, 0.6) is 11.5 Å². The molecule has 0 saturated carbocycles. The van der Waals surface area contributed by atoms with Crippen molar-refractivity contribution < 1.29 is 18.9 Å². The van der Waals surface area contributed by atoms with E-state index in [1.807, 2.05) is 24.3 Å². The summed E-state index contributed by atoms with van der Waals surface area (Å²) in [4.78, 5) is 0. The molecule has 1 aromatic heterocycles. The molecule has 0 radical (unpaired) electrons. The number of benzene rings is 2. The van der Waals surface area contributed by atoms with E-state index >= 15 is 0 Å². The molecular weight excluding hydrogens is 361 g/mol. The Hall–Kier alpha value is -2.33. The molecule has 0 amide bonds. The fourth-order valence-corrected chi connectivity index (χ4v) is 3.71. The van der Waals surface area contributed by atoms with E-state index in [9.17, 15) is 0 Å². The molecule has 0 aliphatic carbocycles. The van der Waals surface area contributed by atoms with Gasteiger partial charge < -0.3 is 18.9 Å². The Morgan fingerprint density at radius 3 is 1.85 bits per heavy atom. The number of hydrogen-bond acceptors (Lipinski definition) is 5. The van der Waals surface area contributed by atoms with Crippen LogP contribution in [-0.4, -0.2) is 43.4 Å². The van der Waals surface area contributed by atoms with E-state index in [4.69, 9.17) is 23.7 Å². The van der Waals surface area contributed by atoms with Gasteiger partial charge in [-0.05, 0) is 56.4 Å². The third kappa shape index (κ3) is 4.33. The van der Waals surface area contributed by atoms with Crippen molar-refractivity contribution in [2.45, 2.75) is 12.2 Å². The van der Waals surface area contributed by atoms with Crippen molar-refractivity contribution in [3.63, 3.8) is 0 Å². The molecule has 5 rings (SSSR count). The highest BCUT2D eigenvalue weighted by Gasteiger charge is 2.23. The number of aromatic nitrogens is 1. The minimum Gasteiger partial charge on any atom is -0.491 e. The summed E-state index contributed by atoms with van der Waals surface area (Å²) < 4.78 is 26.4. The first kappa shape index (κ1) is 16.8. The van der Waals surface area contributed by atoms with Crippen LogP contribution < -0.4 is 9.47 Å². The normalized spacial score (nSPS) is 20.6. The van der Waals surface area contributed by atoms with Crippen LogP contribution >= 0.6 is 8.35 Å². The molecule has 3 aromatic rings. The highest BCUT2D eigenvalue weighted by atomic mass is 31.0. The van der Waals surface area contributed by atoms with Crippen molar-refractivity contribution in [2.75, 3.05) is 26.4 Å². The summed E-state index contributed by atoms with van der Waals surface area (Å²) in [6.07, 6.45) is 0.549. The maximum absolute atomic E-state index is 5.70. The maximum Gasteiger partial charge on any atom is 0.119 e. The smallest absolute Gasteiger partial charge is 0.119 e. The van der Waals surface area contributed by atoms with Gasteiger partial charge in [0.2, 0.25) is 0 Å². The second kappa shape index (κ2) is 7.35. The minimum atomic E-state index is 0.273. The molecule has 27 heavy (non-hydrogen) atoms. The molecule has 2 fully saturated rings. The van der Waals surface area contributed by atoms with Crippen LogP contribution in [0.4, 0.5) is 0 Å². The summed E-state index contributed by atoms with van der Waals surface area (Å²) >= 11 is 0. The largest absolute Gasteiger partial charge is 0.491 e. The lowest BCUT2D eigenvalue weighted by atomic mass is 10.1. The molecule has 0 spiro atoms. The minimum absolute atomic E-state index is 0.273. The van der Waals surface area contributed by atoms with Gasteiger partial charge in [-0.2, -0.15) is 0 Å². The predicted octanol–water partition coefficient (Wildman–Crippen LogP) is 4.00. The van der Waals surface area contributed by atoms with Crippen molar-refractivity contribution in [1.82, 2.24) is 4.75 Å². The van der Waals surface area contributed by atoms with Gasteiger partial charge in [0.1, 0.15) is 36.9 Å². The van der Waals surface area contributed by atoms with Crippen molar-refractivity contribution in [3.8, 4) is 33.6 Å². The maximum atomic E-state index is 5.70. The molecular formula is C21H20NO4P. The predicted molar refractivity (Wildman–Crippen MR) is 105 cm³/mol. The molecule has 6 heteroatoms. The van der Waals surface area contributed by atoms with Gasteiger partial charge in [-0.3, -0.25) is 0 Å². The Kier molecular flexibility index (Phi) is 4.58. The van der Waals surface area contributed by atoms with Crippen LogP contribution in [0.15, 0.2) is 54.6 Å². The first-order valence-corrected chi connectivity index (χ1v) is 10.0. The topological polar surface area (TPSA) is 56.4 Å². The molecule has 2 aliphatic rings. The highest BCUT2D eigenvalue weighted by molar-refractivity contribution is 7.29. The van der Waals surface area contributed by atoms with Crippen LogP contribution in [0, 0.1) is 0 Å². The van der Waals surface area contributed by atoms with Crippen LogP contribution in [0.1, 0.15) is 0 Å². The van der Waals surface area contributed by atoms with E-state index in [0.717, 1.165) is 36.0 Å². The number of nitrogens with zero attached hydrogens (tertiary/aromatic N) is 1. The zero-order valence-corrected chi connectivity index (χ0v) is 15.8. The number of rotatable bonds is 8. The van der Waals surface area contributed by atoms with Gasteiger partial charge in [0, 0.05) is 10.9 Å². The van der Waals surface area contributed by atoms with E-state index in [1.54, 1.807) is 0 Å². The Morgan fingerprint density at radius 1 is 0.815 bits per heavy atom. The third-order valence-corrected chi connectivity index (χ3v) is 5.60. The van der Waals surface area contributed by atoms with Crippen LogP contribution in [0.25, 0.3) is 22.1 Å². The molecule has 0 bridgehead atoms. The second-order valence-electron chi connectivity index (χ2n) is 6.75. The standard InChI is InChI=1S/C21H20NO4P/c1-5-16(23-10-18-12-25-18)6-2-14(1)20-9-21(27-22-20)15-3-7-17(8-4-15)24-11-19-13-26-19/h1-9,18-19,27H,10-13H2. The second-order valence-corrected chi connectivity index (χ2v) is 7.73. The molecule has 2 saturated heterocycles. The van der Waals surface area contributed by atoms with Crippen molar-refractivity contribution >= 4 is 8.35 Å². The first-order valence-electron chi connectivity index (χ1n) is 9.08. The average molecular weight is 381 g/mol. The first-order chi connectivity index (χ1) is 13.3. The van der Waals surface area contributed by atoms with Crippen molar-refractivity contribution in [3.05, 3.63) is 54.6 Å². The summed E-state index contributed by atoms with van der Waals surface area (Å²) in [5.41, 5.74) is 3.31. The van der Waals surface area contributed by atoms with E-state index in [-0.39, 0.29) is 12.2 Å². The summed E-state index contributed by atoms with van der Waals surface area (Å²) in [7, 11) is 0.430. The third-order valence-electron chi connectivity index (χ3n) is 4.57. The van der Waals surface area contributed by atoms with Crippen molar-refractivity contribution in [1.29, 1.82) is 0 Å². The summed E-state index contributed by atoms with van der Waals surface area (Å²) in [5, 5.41) is 1.24. The molecule has 2 aromatic carbocycles. The number of hydrogen-bond donors (Lipinski definition) is 0. The summed E-state index contributed by atoms with van der Waals surface area (Å²) in [6, 6.07) is 18.5. The van der Waals surface area contributed by atoms with Gasteiger partial charge in [-0.25, -0.2) is 4.75 Å². The lowest BCUT2D eigenvalue weighted by molar-refractivity contribution is 0.263. The van der Waals surface area contributed by atoms with Crippen LogP contribution in [0.3, 0.4) is 0 Å². The van der Waals surface area contributed by atoms with Gasteiger partial charge in [-0.15, -0.1) is 0 Å². The van der Waals surface area contributed by atoms with E-state index in [1.165, 1.54) is 10.9 Å². The molecule has 2 aliphatic heterocycles. The fourth-order valence-electron chi connectivity index (χ4n) is 2.78. The molecule has 3 atom stereocenters. The highest BCUT2D eigenvalue weighted by Crippen LogP contribution is 2.34. The Bertz CT molecular complexity index is 825. The zero-order chi connectivity index (χ0) is 18.1. The molecule has 3 unspecified atom stereocenters. The Balaban J connectivity index is 1.24.